The minimum Gasteiger partial charge on any atom is -0.480 e. The van der Waals surface area contributed by atoms with E-state index in [-0.39, 0.29) is 5.92 Å². The van der Waals surface area contributed by atoms with Crippen molar-refractivity contribution in [2.75, 3.05) is 13.1 Å². The topological polar surface area (TPSA) is 105 Å². The van der Waals surface area contributed by atoms with Crippen LogP contribution in [0.25, 0.3) is 0 Å². The normalized spacial score (nSPS) is 14.1. The number of aliphatic carboxylic acids is 1. The first-order valence-electron chi connectivity index (χ1n) is 7.02. The van der Waals surface area contributed by atoms with E-state index < -0.39 is 35.9 Å². The summed E-state index contributed by atoms with van der Waals surface area (Å²) in [6, 6.07) is -1.28. The quantitative estimate of drug-likeness (QED) is 0.565. The molecule has 1 unspecified atom stereocenters. The minimum absolute atomic E-state index is 0.384. The van der Waals surface area contributed by atoms with Crippen LogP contribution in [0.1, 0.15) is 41.0 Å². The summed E-state index contributed by atoms with van der Waals surface area (Å²) < 4.78 is 5.06. The highest BCUT2D eigenvalue weighted by Crippen LogP contribution is 2.09. The average molecular weight is 302 g/mol. The summed E-state index contributed by atoms with van der Waals surface area (Å²) in [5, 5.41) is 14.5. The molecular weight excluding hydrogens is 276 g/mol. The van der Waals surface area contributed by atoms with Crippen LogP contribution in [0.15, 0.2) is 0 Å². The number of nitrogens with one attached hydrogen (secondary N) is 2. The number of carboxylic acid groups (broad SMARTS) is 1. The molecule has 122 valence electrons. The van der Waals surface area contributed by atoms with Crippen molar-refractivity contribution in [2.24, 2.45) is 5.92 Å². The van der Waals surface area contributed by atoms with Crippen LogP contribution in [0, 0.1) is 5.92 Å². The maximum absolute atomic E-state index is 11.9. The zero-order valence-corrected chi connectivity index (χ0v) is 13.4. The van der Waals surface area contributed by atoms with Gasteiger partial charge < -0.3 is 20.5 Å². The second-order valence-corrected chi connectivity index (χ2v) is 5.90. The fourth-order valence-corrected chi connectivity index (χ4v) is 1.52. The molecule has 21 heavy (non-hydrogen) atoms. The molecule has 0 saturated carbocycles. The van der Waals surface area contributed by atoms with Crippen LogP contribution in [0.5, 0.6) is 0 Å². The van der Waals surface area contributed by atoms with Crippen molar-refractivity contribution in [3.8, 4) is 0 Å². The van der Waals surface area contributed by atoms with Crippen molar-refractivity contribution >= 4 is 17.8 Å². The SMILES string of the molecule is CCNCC(C)C(=O)N[C@@H](CC(=O)OC(C)(C)C)C(=O)O. The molecule has 7 heteroatoms. The van der Waals surface area contributed by atoms with E-state index in [4.69, 9.17) is 9.84 Å². The number of carbonyl (C=O) groups excluding carboxylic acids is 2. The lowest BCUT2D eigenvalue weighted by Crippen LogP contribution is -2.46. The van der Waals surface area contributed by atoms with Crippen LogP contribution in [0.2, 0.25) is 0 Å². The molecule has 0 aromatic heterocycles. The largest absolute Gasteiger partial charge is 0.480 e. The van der Waals surface area contributed by atoms with Crippen molar-refractivity contribution in [2.45, 2.75) is 52.7 Å². The second kappa shape index (κ2) is 8.61. The van der Waals surface area contributed by atoms with Crippen LogP contribution in [-0.2, 0) is 19.1 Å². The Morgan fingerprint density at radius 3 is 2.24 bits per heavy atom. The first kappa shape index (κ1) is 19.4. The van der Waals surface area contributed by atoms with Crippen LogP contribution in [0.4, 0.5) is 0 Å². The van der Waals surface area contributed by atoms with Gasteiger partial charge in [0.1, 0.15) is 11.6 Å². The fourth-order valence-electron chi connectivity index (χ4n) is 1.52. The predicted octanol–water partition coefficient (Wildman–Crippen LogP) is 0.533. The predicted molar refractivity (Wildman–Crippen MR) is 77.7 cm³/mol. The molecule has 7 nitrogen and oxygen atoms in total. The van der Waals surface area contributed by atoms with E-state index >= 15 is 0 Å². The van der Waals surface area contributed by atoms with Gasteiger partial charge in [0, 0.05) is 12.5 Å². The van der Waals surface area contributed by atoms with Crippen LogP contribution >= 0.6 is 0 Å². The van der Waals surface area contributed by atoms with Crippen LogP contribution in [0.3, 0.4) is 0 Å². The standard InChI is InChI=1S/C14H26N2O5/c1-6-15-8-9(2)12(18)16-10(13(19)20)7-11(17)21-14(3,4)5/h9-10,15H,6-8H2,1-5H3,(H,16,18)(H,19,20)/t9?,10-/m0/s1. The zero-order chi connectivity index (χ0) is 16.6. The Kier molecular flexibility index (Phi) is 7.94. The monoisotopic (exact) mass is 302 g/mol. The lowest BCUT2D eigenvalue weighted by Gasteiger charge is -2.22. The maximum Gasteiger partial charge on any atom is 0.326 e. The molecule has 0 heterocycles. The molecular formula is C14H26N2O5. The van der Waals surface area contributed by atoms with E-state index in [0.29, 0.717) is 6.54 Å². The molecule has 0 aliphatic heterocycles. The Morgan fingerprint density at radius 2 is 1.81 bits per heavy atom. The molecule has 0 aromatic carbocycles. The summed E-state index contributed by atoms with van der Waals surface area (Å²) in [5.74, 6) is -2.71. The number of hydrogen-bond donors (Lipinski definition) is 3. The van der Waals surface area contributed by atoms with Crippen molar-refractivity contribution < 1.29 is 24.2 Å². The molecule has 1 amide bonds. The Hall–Kier alpha value is -1.63. The smallest absolute Gasteiger partial charge is 0.326 e. The third kappa shape index (κ3) is 9.01. The minimum atomic E-state index is -1.28. The van der Waals surface area contributed by atoms with Gasteiger partial charge in [-0.3, -0.25) is 9.59 Å². The van der Waals surface area contributed by atoms with Gasteiger partial charge in [0.25, 0.3) is 0 Å². The third-order valence-corrected chi connectivity index (χ3v) is 2.55. The summed E-state index contributed by atoms with van der Waals surface area (Å²) in [4.78, 5) is 34.6. The third-order valence-electron chi connectivity index (χ3n) is 2.55. The summed E-state index contributed by atoms with van der Waals surface area (Å²) in [5.41, 5.74) is -0.692. The van der Waals surface area contributed by atoms with Crippen molar-refractivity contribution in [3.63, 3.8) is 0 Å². The number of amides is 1. The number of ether oxygens (including phenoxy) is 1. The van der Waals surface area contributed by atoms with Gasteiger partial charge in [-0.25, -0.2) is 4.79 Å². The molecule has 0 radical (unpaired) electrons. The van der Waals surface area contributed by atoms with E-state index in [9.17, 15) is 14.4 Å². The van der Waals surface area contributed by atoms with Gasteiger partial charge in [-0.15, -0.1) is 0 Å². The van der Waals surface area contributed by atoms with E-state index in [1.165, 1.54) is 0 Å². The summed E-state index contributed by atoms with van der Waals surface area (Å²) in [7, 11) is 0. The summed E-state index contributed by atoms with van der Waals surface area (Å²) >= 11 is 0. The number of rotatable bonds is 8. The Labute approximate surface area is 125 Å². The van der Waals surface area contributed by atoms with Crippen LogP contribution < -0.4 is 10.6 Å². The molecule has 0 aromatic rings. The molecule has 0 bridgehead atoms. The number of esters is 1. The molecule has 0 saturated heterocycles. The number of carboxylic acids is 1. The van der Waals surface area contributed by atoms with Crippen molar-refractivity contribution in [1.82, 2.24) is 10.6 Å². The summed E-state index contributed by atoms with van der Waals surface area (Å²) in [6.45, 7) is 9.84. The van der Waals surface area contributed by atoms with Crippen LogP contribution in [-0.4, -0.2) is 47.7 Å². The van der Waals surface area contributed by atoms with Crippen molar-refractivity contribution in [3.05, 3.63) is 0 Å². The second-order valence-electron chi connectivity index (χ2n) is 5.90. The van der Waals surface area contributed by atoms with E-state index in [1.807, 2.05) is 6.92 Å². The molecule has 0 rings (SSSR count). The highest BCUT2D eigenvalue weighted by atomic mass is 16.6. The molecule has 2 atom stereocenters. The average Bonchev–Trinajstić information content (AvgIpc) is 2.32. The van der Waals surface area contributed by atoms with Gasteiger partial charge >= 0.3 is 11.9 Å². The van der Waals surface area contributed by atoms with Gasteiger partial charge in [0.05, 0.1) is 6.42 Å². The summed E-state index contributed by atoms with van der Waals surface area (Å²) in [6.07, 6.45) is -0.397. The lowest BCUT2D eigenvalue weighted by molar-refractivity contribution is -0.158. The van der Waals surface area contributed by atoms with Gasteiger partial charge in [0.2, 0.25) is 5.91 Å². The molecule has 0 spiro atoms. The highest BCUT2D eigenvalue weighted by Gasteiger charge is 2.27. The van der Waals surface area contributed by atoms with Gasteiger partial charge in [-0.05, 0) is 27.3 Å². The lowest BCUT2D eigenvalue weighted by atomic mass is 10.1. The molecule has 0 fully saturated rings. The maximum atomic E-state index is 11.9. The van der Waals surface area contributed by atoms with E-state index in [2.05, 4.69) is 10.6 Å². The molecule has 0 aliphatic carbocycles. The Bertz CT molecular complexity index is 376. The van der Waals surface area contributed by atoms with E-state index in [1.54, 1.807) is 27.7 Å². The fraction of sp³-hybridized carbons (Fsp3) is 0.786. The van der Waals surface area contributed by atoms with E-state index in [0.717, 1.165) is 6.54 Å². The van der Waals surface area contributed by atoms with Gasteiger partial charge in [-0.2, -0.15) is 0 Å². The molecule has 3 N–H and O–H groups in total. The number of carbonyl (C=O) groups is 3. The van der Waals surface area contributed by atoms with Gasteiger partial charge in [0.15, 0.2) is 0 Å². The first-order valence-corrected chi connectivity index (χ1v) is 7.02. The van der Waals surface area contributed by atoms with Crippen molar-refractivity contribution in [1.29, 1.82) is 0 Å². The first-order chi connectivity index (χ1) is 9.56. The highest BCUT2D eigenvalue weighted by molar-refractivity contribution is 5.88. The molecule has 0 aliphatic rings. The Balaban J connectivity index is 4.53. The number of hydrogen-bond acceptors (Lipinski definition) is 5. The zero-order valence-electron chi connectivity index (χ0n) is 13.4. The Morgan fingerprint density at radius 1 is 1.24 bits per heavy atom. The van der Waals surface area contributed by atoms with Gasteiger partial charge in [-0.1, -0.05) is 13.8 Å².